The van der Waals surface area contributed by atoms with Crippen LogP contribution in [0.5, 0.6) is 0 Å². The van der Waals surface area contributed by atoms with E-state index in [1.807, 2.05) is 0 Å². The first-order valence-electron chi connectivity index (χ1n) is 3.73. The number of hydrogen-bond acceptors (Lipinski definition) is 3. The van der Waals surface area contributed by atoms with Gasteiger partial charge in [0.05, 0.1) is 5.92 Å². The number of allylic oxidation sites excluding steroid dienone is 1. The lowest BCUT2D eigenvalue weighted by Crippen LogP contribution is -2.20. The summed E-state index contributed by atoms with van der Waals surface area (Å²) in [6.45, 7) is 8.47. The van der Waals surface area contributed by atoms with Gasteiger partial charge in [-0.15, -0.1) is 6.58 Å². The zero-order valence-corrected chi connectivity index (χ0v) is 7.19. The Kier molecular flexibility index (Phi) is 5.04. The summed E-state index contributed by atoms with van der Waals surface area (Å²) in [5.41, 5.74) is 0. The molecule has 3 nitrogen and oxygen atoms in total. The Hall–Kier alpha value is -1.09. The summed E-state index contributed by atoms with van der Waals surface area (Å²) in [6.07, 6.45) is 2.12. The van der Waals surface area contributed by atoms with E-state index in [0.717, 1.165) is 6.08 Å². The molecule has 0 amide bonds. The zero-order chi connectivity index (χ0) is 9.56. The fourth-order valence-corrected chi connectivity index (χ4v) is 0.629. The van der Waals surface area contributed by atoms with E-state index >= 15 is 0 Å². The lowest BCUT2D eigenvalue weighted by atomic mass is 10.1. The minimum absolute atomic E-state index is 0.267. The average Bonchev–Trinajstić information content (AvgIpc) is 2.04. The van der Waals surface area contributed by atoms with Gasteiger partial charge in [-0.3, -0.25) is 4.79 Å². The molecule has 0 saturated heterocycles. The Balaban J connectivity index is 3.85. The predicted octanol–water partition coefficient (Wildman–Crippen LogP) is 1.25. The highest BCUT2D eigenvalue weighted by atomic mass is 16.6. The summed E-state index contributed by atoms with van der Waals surface area (Å²) >= 11 is 0. The van der Waals surface area contributed by atoms with Gasteiger partial charge in [-0.05, 0) is 12.5 Å². The fraction of sp³-hybridized carbons (Fsp3) is 0.444. The third-order valence-electron chi connectivity index (χ3n) is 1.36. The van der Waals surface area contributed by atoms with E-state index in [-0.39, 0.29) is 5.92 Å². The van der Waals surface area contributed by atoms with Crippen LogP contribution < -0.4 is 0 Å². The standard InChI is InChI=1S/C9H14O3/c1-4-6-7(3)9(11)12-8(10)5-2/h4-5,7-8,10H,1-2,6H2,3H3. The second-order valence-electron chi connectivity index (χ2n) is 2.49. The van der Waals surface area contributed by atoms with Gasteiger partial charge in [-0.1, -0.05) is 19.6 Å². The van der Waals surface area contributed by atoms with E-state index in [0.29, 0.717) is 6.42 Å². The number of esters is 1. The molecule has 0 aromatic rings. The molecule has 0 spiro atoms. The average molecular weight is 170 g/mol. The topological polar surface area (TPSA) is 46.5 Å². The molecule has 2 atom stereocenters. The number of aliphatic hydroxyl groups is 1. The zero-order valence-electron chi connectivity index (χ0n) is 7.19. The van der Waals surface area contributed by atoms with Gasteiger partial charge in [-0.2, -0.15) is 0 Å². The number of carbonyl (C=O) groups excluding carboxylic acids is 1. The largest absolute Gasteiger partial charge is 0.432 e. The second-order valence-corrected chi connectivity index (χ2v) is 2.49. The third-order valence-corrected chi connectivity index (χ3v) is 1.36. The van der Waals surface area contributed by atoms with Gasteiger partial charge in [0.15, 0.2) is 0 Å². The maximum atomic E-state index is 11.0. The van der Waals surface area contributed by atoms with Crippen molar-refractivity contribution >= 4 is 5.97 Å². The molecule has 0 saturated carbocycles. The Bertz CT molecular complexity index is 175. The van der Waals surface area contributed by atoms with Crippen LogP contribution in [0.2, 0.25) is 0 Å². The highest BCUT2D eigenvalue weighted by Gasteiger charge is 2.14. The number of ether oxygens (including phenoxy) is 1. The van der Waals surface area contributed by atoms with Gasteiger partial charge < -0.3 is 9.84 Å². The van der Waals surface area contributed by atoms with Gasteiger partial charge in [0, 0.05) is 0 Å². The first kappa shape index (κ1) is 10.9. The molecule has 68 valence electrons. The molecule has 0 radical (unpaired) electrons. The van der Waals surface area contributed by atoms with Crippen molar-refractivity contribution in [2.24, 2.45) is 5.92 Å². The van der Waals surface area contributed by atoms with E-state index in [9.17, 15) is 4.79 Å². The van der Waals surface area contributed by atoms with Crippen molar-refractivity contribution in [3.8, 4) is 0 Å². The molecule has 0 bridgehead atoms. The van der Waals surface area contributed by atoms with Crippen molar-refractivity contribution < 1.29 is 14.6 Å². The maximum Gasteiger partial charge on any atom is 0.311 e. The SMILES string of the molecule is C=CCC(C)C(=O)OC(O)C=C. The molecule has 0 aromatic carbocycles. The van der Waals surface area contributed by atoms with Gasteiger partial charge in [-0.25, -0.2) is 0 Å². The summed E-state index contributed by atoms with van der Waals surface area (Å²) in [4.78, 5) is 11.0. The first-order valence-corrected chi connectivity index (χ1v) is 3.73. The van der Waals surface area contributed by atoms with Crippen molar-refractivity contribution in [3.63, 3.8) is 0 Å². The molecule has 0 aromatic heterocycles. The molecule has 0 aliphatic heterocycles. The van der Waals surface area contributed by atoms with Crippen molar-refractivity contribution in [1.29, 1.82) is 0 Å². The Morgan fingerprint density at radius 3 is 2.67 bits per heavy atom. The third kappa shape index (κ3) is 3.93. The minimum atomic E-state index is -1.20. The summed E-state index contributed by atoms with van der Waals surface area (Å²) in [7, 11) is 0. The monoisotopic (exact) mass is 170 g/mol. The molecule has 0 aliphatic rings. The van der Waals surface area contributed by atoms with Crippen LogP contribution in [0.1, 0.15) is 13.3 Å². The maximum absolute atomic E-state index is 11.0. The van der Waals surface area contributed by atoms with E-state index in [2.05, 4.69) is 17.9 Å². The Morgan fingerprint density at radius 2 is 2.25 bits per heavy atom. The molecule has 1 N–H and O–H groups in total. The predicted molar refractivity (Wildman–Crippen MR) is 46.3 cm³/mol. The summed E-state index contributed by atoms with van der Waals surface area (Å²) in [6, 6.07) is 0. The number of carbonyl (C=O) groups is 1. The first-order chi connectivity index (χ1) is 5.61. The smallest absolute Gasteiger partial charge is 0.311 e. The second kappa shape index (κ2) is 5.55. The molecule has 3 heteroatoms. The molecule has 0 aliphatic carbocycles. The lowest BCUT2D eigenvalue weighted by molar-refractivity contribution is -0.164. The molecule has 2 unspecified atom stereocenters. The summed E-state index contributed by atoms with van der Waals surface area (Å²) in [5.74, 6) is -0.709. The normalized spacial score (nSPS) is 14.5. The van der Waals surface area contributed by atoms with E-state index < -0.39 is 12.3 Å². The Labute approximate surface area is 72.3 Å². The number of rotatable bonds is 5. The summed E-state index contributed by atoms with van der Waals surface area (Å²) < 4.78 is 4.56. The molecule has 0 heterocycles. The quantitative estimate of drug-likeness (QED) is 0.383. The van der Waals surface area contributed by atoms with E-state index in [1.54, 1.807) is 13.0 Å². The van der Waals surface area contributed by atoms with Crippen molar-refractivity contribution in [2.45, 2.75) is 19.6 Å². The van der Waals surface area contributed by atoms with Gasteiger partial charge in [0.1, 0.15) is 0 Å². The van der Waals surface area contributed by atoms with E-state index in [1.165, 1.54) is 0 Å². The molecule has 0 rings (SSSR count). The molecular formula is C9H14O3. The van der Waals surface area contributed by atoms with Crippen LogP contribution in [0.15, 0.2) is 25.3 Å². The number of hydrogen-bond donors (Lipinski definition) is 1. The van der Waals surface area contributed by atoms with Crippen LogP contribution in [0.4, 0.5) is 0 Å². The van der Waals surface area contributed by atoms with Crippen LogP contribution in [0.3, 0.4) is 0 Å². The van der Waals surface area contributed by atoms with Crippen molar-refractivity contribution in [3.05, 3.63) is 25.3 Å². The molecular weight excluding hydrogens is 156 g/mol. The van der Waals surface area contributed by atoms with Crippen LogP contribution in [-0.4, -0.2) is 17.4 Å². The highest BCUT2D eigenvalue weighted by Crippen LogP contribution is 2.06. The summed E-state index contributed by atoms with van der Waals surface area (Å²) in [5, 5.41) is 8.86. The highest BCUT2D eigenvalue weighted by molar-refractivity contribution is 5.72. The van der Waals surface area contributed by atoms with Crippen LogP contribution >= 0.6 is 0 Å². The van der Waals surface area contributed by atoms with Crippen molar-refractivity contribution in [2.75, 3.05) is 0 Å². The van der Waals surface area contributed by atoms with Crippen LogP contribution in [0.25, 0.3) is 0 Å². The van der Waals surface area contributed by atoms with Gasteiger partial charge in [0.25, 0.3) is 0 Å². The Morgan fingerprint density at radius 1 is 1.67 bits per heavy atom. The molecule has 0 fully saturated rings. The number of aliphatic hydroxyl groups excluding tert-OH is 1. The minimum Gasteiger partial charge on any atom is -0.432 e. The lowest BCUT2D eigenvalue weighted by Gasteiger charge is -2.11. The van der Waals surface area contributed by atoms with Crippen LogP contribution in [0, 0.1) is 5.92 Å². The molecule has 12 heavy (non-hydrogen) atoms. The van der Waals surface area contributed by atoms with Crippen molar-refractivity contribution in [1.82, 2.24) is 0 Å². The van der Waals surface area contributed by atoms with Gasteiger partial charge >= 0.3 is 5.97 Å². The fourth-order valence-electron chi connectivity index (χ4n) is 0.629. The van der Waals surface area contributed by atoms with Gasteiger partial charge in [0.2, 0.25) is 6.29 Å². The van der Waals surface area contributed by atoms with E-state index in [4.69, 9.17) is 5.11 Å². The van der Waals surface area contributed by atoms with Crippen LogP contribution in [-0.2, 0) is 9.53 Å².